The van der Waals surface area contributed by atoms with Crippen molar-refractivity contribution in [1.82, 2.24) is 9.47 Å². The van der Waals surface area contributed by atoms with Crippen LogP contribution in [-0.2, 0) is 6.54 Å². The molecule has 4 rings (SSSR count). The number of phenols is 1. The first-order valence-corrected chi connectivity index (χ1v) is 10.6. The third-order valence-electron chi connectivity index (χ3n) is 5.61. The first-order valence-electron chi connectivity index (χ1n) is 10.2. The SMILES string of the molecule is CC(C)c1cc2c(=S)n(-c3ccc(CN4CCCCC4)cc3)c(=O)oc2cc1O. The third-order valence-corrected chi connectivity index (χ3v) is 6.02. The van der Waals surface area contributed by atoms with E-state index >= 15 is 0 Å². The minimum absolute atomic E-state index is 0.116. The zero-order valence-corrected chi connectivity index (χ0v) is 17.7. The van der Waals surface area contributed by atoms with E-state index in [0.717, 1.165) is 25.2 Å². The monoisotopic (exact) mass is 410 g/mol. The Morgan fingerprint density at radius 2 is 1.79 bits per heavy atom. The van der Waals surface area contributed by atoms with Crippen molar-refractivity contribution in [3.05, 3.63) is 62.7 Å². The molecule has 152 valence electrons. The van der Waals surface area contributed by atoms with Gasteiger partial charge >= 0.3 is 5.76 Å². The second-order valence-corrected chi connectivity index (χ2v) is 8.46. The average molecular weight is 411 g/mol. The van der Waals surface area contributed by atoms with Crippen LogP contribution >= 0.6 is 12.2 Å². The maximum atomic E-state index is 12.6. The number of aromatic hydroxyl groups is 1. The smallest absolute Gasteiger partial charge is 0.425 e. The summed E-state index contributed by atoms with van der Waals surface area (Å²) < 4.78 is 7.28. The summed E-state index contributed by atoms with van der Waals surface area (Å²) in [4.78, 5) is 15.1. The highest BCUT2D eigenvalue weighted by molar-refractivity contribution is 7.71. The Kier molecular flexibility index (Phi) is 5.56. The molecule has 1 N–H and O–H groups in total. The summed E-state index contributed by atoms with van der Waals surface area (Å²) in [6.45, 7) is 7.21. The lowest BCUT2D eigenvalue weighted by molar-refractivity contribution is 0.221. The molecule has 0 spiro atoms. The number of phenolic OH excluding ortho intramolecular Hbond substituents is 1. The van der Waals surface area contributed by atoms with Gasteiger partial charge in [-0.25, -0.2) is 9.36 Å². The fourth-order valence-electron chi connectivity index (χ4n) is 3.99. The predicted octanol–water partition coefficient (Wildman–Crippen LogP) is 5.13. The molecule has 0 radical (unpaired) electrons. The first kappa shape index (κ1) is 19.9. The normalized spacial score (nSPS) is 15.3. The molecule has 1 fully saturated rings. The minimum atomic E-state index is -0.553. The fraction of sp³-hybridized carbons (Fsp3) is 0.391. The van der Waals surface area contributed by atoms with Crippen molar-refractivity contribution < 1.29 is 9.52 Å². The van der Waals surface area contributed by atoms with Crippen LogP contribution < -0.4 is 5.76 Å². The van der Waals surface area contributed by atoms with Crippen molar-refractivity contribution in [2.45, 2.75) is 45.6 Å². The van der Waals surface area contributed by atoms with Crippen LogP contribution in [0.4, 0.5) is 0 Å². The second kappa shape index (κ2) is 8.13. The molecule has 6 heteroatoms. The van der Waals surface area contributed by atoms with Crippen molar-refractivity contribution in [2.24, 2.45) is 0 Å². The van der Waals surface area contributed by atoms with Gasteiger partial charge in [-0.1, -0.05) is 44.6 Å². The summed E-state index contributed by atoms with van der Waals surface area (Å²) in [7, 11) is 0. The number of nitrogens with zero attached hydrogens (tertiary/aromatic N) is 2. The molecular weight excluding hydrogens is 384 g/mol. The van der Waals surface area contributed by atoms with Gasteiger partial charge in [-0.2, -0.15) is 0 Å². The third kappa shape index (κ3) is 4.00. The molecule has 1 aliphatic heterocycles. The predicted molar refractivity (Wildman–Crippen MR) is 118 cm³/mol. The largest absolute Gasteiger partial charge is 0.508 e. The van der Waals surface area contributed by atoms with E-state index < -0.39 is 5.76 Å². The Hall–Kier alpha value is -2.44. The molecule has 2 aromatic carbocycles. The molecule has 0 amide bonds. The summed E-state index contributed by atoms with van der Waals surface area (Å²) >= 11 is 5.63. The van der Waals surface area contributed by atoms with Crippen molar-refractivity contribution in [3.63, 3.8) is 0 Å². The zero-order chi connectivity index (χ0) is 20.5. The maximum absolute atomic E-state index is 12.6. The topological polar surface area (TPSA) is 58.6 Å². The Morgan fingerprint density at radius 1 is 1.10 bits per heavy atom. The van der Waals surface area contributed by atoms with Crippen LogP contribution in [0.15, 0.2) is 45.6 Å². The molecule has 3 aromatic rings. The summed E-state index contributed by atoms with van der Waals surface area (Å²) in [5.74, 6) is -0.309. The van der Waals surface area contributed by atoms with E-state index in [4.69, 9.17) is 16.6 Å². The number of aromatic nitrogens is 1. The number of piperidine rings is 1. The molecule has 0 bridgehead atoms. The molecule has 0 aliphatic carbocycles. The summed E-state index contributed by atoms with van der Waals surface area (Å²) in [6.07, 6.45) is 3.85. The second-order valence-electron chi connectivity index (χ2n) is 8.07. The molecule has 1 aliphatic rings. The van der Waals surface area contributed by atoms with Gasteiger partial charge in [0.25, 0.3) is 0 Å². The summed E-state index contributed by atoms with van der Waals surface area (Å²) in [5, 5.41) is 10.9. The molecule has 5 nitrogen and oxygen atoms in total. The highest BCUT2D eigenvalue weighted by Crippen LogP contribution is 2.30. The molecule has 0 saturated carbocycles. The molecule has 2 heterocycles. The van der Waals surface area contributed by atoms with Crippen LogP contribution in [0.2, 0.25) is 0 Å². The average Bonchev–Trinajstić information content (AvgIpc) is 2.69. The van der Waals surface area contributed by atoms with E-state index in [9.17, 15) is 9.90 Å². The van der Waals surface area contributed by atoms with Crippen LogP contribution in [0.3, 0.4) is 0 Å². The highest BCUT2D eigenvalue weighted by atomic mass is 32.1. The van der Waals surface area contributed by atoms with Crippen molar-refractivity contribution in [1.29, 1.82) is 0 Å². The van der Waals surface area contributed by atoms with Gasteiger partial charge < -0.3 is 9.52 Å². The maximum Gasteiger partial charge on any atom is 0.425 e. The lowest BCUT2D eigenvalue weighted by Crippen LogP contribution is -2.29. The summed E-state index contributed by atoms with van der Waals surface area (Å²) in [5.41, 5.74) is 2.99. The molecule has 0 unspecified atom stereocenters. The van der Waals surface area contributed by atoms with Crippen LogP contribution in [-0.4, -0.2) is 27.7 Å². The van der Waals surface area contributed by atoms with E-state index in [0.29, 0.717) is 21.3 Å². The van der Waals surface area contributed by atoms with Crippen LogP contribution in [0, 0.1) is 4.64 Å². The quantitative estimate of drug-likeness (QED) is 0.605. The fourth-order valence-corrected chi connectivity index (χ4v) is 4.33. The number of rotatable bonds is 4. The zero-order valence-electron chi connectivity index (χ0n) is 16.9. The Bertz CT molecular complexity index is 1140. The Morgan fingerprint density at radius 3 is 2.45 bits per heavy atom. The van der Waals surface area contributed by atoms with Gasteiger partial charge in [0.1, 0.15) is 16.0 Å². The van der Waals surface area contributed by atoms with Crippen LogP contribution in [0.5, 0.6) is 5.75 Å². The standard InChI is InChI=1S/C23H26N2O3S/c1-15(2)18-12-19-21(13-20(18)26)28-23(27)25(22(19)29)17-8-6-16(7-9-17)14-24-10-4-3-5-11-24/h6-9,12-13,15,26H,3-5,10-11,14H2,1-2H3. The van der Waals surface area contributed by atoms with Crippen LogP contribution in [0.25, 0.3) is 16.7 Å². The van der Waals surface area contributed by atoms with E-state index in [1.54, 1.807) is 0 Å². The summed E-state index contributed by atoms with van der Waals surface area (Å²) in [6, 6.07) is 11.2. The van der Waals surface area contributed by atoms with Crippen molar-refractivity contribution >= 4 is 23.2 Å². The number of hydrogen-bond donors (Lipinski definition) is 1. The number of likely N-dealkylation sites (tertiary alicyclic amines) is 1. The lowest BCUT2D eigenvalue weighted by Gasteiger charge is -2.26. The molecule has 1 aromatic heterocycles. The van der Waals surface area contributed by atoms with Gasteiger partial charge in [-0.05, 0) is 61.2 Å². The van der Waals surface area contributed by atoms with E-state index in [1.165, 1.54) is 35.5 Å². The van der Waals surface area contributed by atoms with Gasteiger partial charge in [0.05, 0.1) is 11.1 Å². The van der Waals surface area contributed by atoms with Gasteiger partial charge in [0.15, 0.2) is 0 Å². The van der Waals surface area contributed by atoms with Crippen molar-refractivity contribution in [3.8, 4) is 11.4 Å². The number of benzene rings is 2. The van der Waals surface area contributed by atoms with Gasteiger partial charge in [-0.15, -0.1) is 0 Å². The van der Waals surface area contributed by atoms with E-state index in [-0.39, 0.29) is 11.7 Å². The molecular formula is C23H26N2O3S. The van der Waals surface area contributed by atoms with E-state index in [2.05, 4.69) is 4.90 Å². The van der Waals surface area contributed by atoms with Crippen molar-refractivity contribution in [2.75, 3.05) is 13.1 Å². The van der Waals surface area contributed by atoms with E-state index in [1.807, 2.05) is 44.2 Å². The van der Waals surface area contributed by atoms with Gasteiger partial charge in [-0.3, -0.25) is 4.90 Å². The Balaban J connectivity index is 1.72. The first-order chi connectivity index (χ1) is 13.9. The van der Waals surface area contributed by atoms with Gasteiger partial charge in [0.2, 0.25) is 0 Å². The number of fused-ring (bicyclic) bond motifs is 1. The lowest BCUT2D eigenvalue weighted by atomic mass is 10.0. The number of hydrogen-bond acceptors (Lipinski definition) is 5. The minimum Gasteiger partial charge on any atom is -0.508 e. The van der Waals surface area contributed by atoms with Gasteiger partial charge in [0, 0.05) is 12.6 Å². The molecule has 0 atom stereocenters. The molecule has 29 heavy (non-hydrogen) atoms. The Labute approximate surface area is 175 Å². The molecule has 1 saturated heterocycles. The van der Waals surface area contributed by atoms with Crippen LogP contribution in [0.1, 0.15) is 50.2 Å². The highest BCUT2D eigenvalue weighted by Gasteiger charge is 2.15.